The first-order valence-corrected chi connectivity index (χ1v) is 9.53. The zero-order chi connectivity index (χ0) is 19.3. The van der Waals surface area contributed by atoms with Crippen LogP contribution in [-0.2, 0) is 13.0 Å². The number of pyridine rings is 1. The quantitative estimate of drug-likeness (QED) is 0.581. The Labute approximate surface area is 162 Å². The summed E-state index contributed by atoms with van der Waals surface area (Å²) in [5.41, 5.74) is 11.7. The summed E-state index contributed by atoms with van der Waals surface area (Å²) < 4.78 is 7.46. The van der Waals surface area contributed by atoms with Crippen LogP contribution in [0.1, 0.15) is 34.5 Å². The van der Waals surface area contributed by atoms with Crippen LogP contribution in [0.15, 0.2) is 48.5 Å². The van der Waals surface area contributed by atoms with Gasteiger partial charge in [-0.15, -0.1) is 0 Å². The van der Waals surface area contributed by atoms with Crippen molar-refractivity contribution in [3.05, 3.63) is 65.4 Å². The molecule has 2 N–H and O–H groups in total. The van der Waals surface area contributed by atoms with Crippen molar-refractivity contribution in [1.29, 1.82) is 0 Å². The maximum atomic E-state index is 12.5. The molecule has 2 heterocycles. The molecule has 5 heteroatoms. The molecule has 0 saturated heterocycles. The zero-order valence-corrected chi connectivity index (χ0v) is 15.7. The van der Waals surface area contributed by atoms with E-state index in [1.54, 1.807) is 7.11 Å². The maximum absolute atomic E-state index is 12.5. The molecular weight excluding hydrogens is 350 g/mol. The summed E-state index contributed by atoms with van der Waals surface area (Å²) >= 11 is 0. The average Bonchev–Trinajstić information content (AvgIpc) is 3.02. The summed E-state index contributed by atoms with van der Waals surface area (Å²) in [6, 6.07) is 16.2. The number of hydrogen-bond donors (Lipinski definition) is 1. The smallest absolute Gasteiger partial charge is 0.166 e. The van der Waals surface area contributed by atoms with Crippen LogP contribution >= 0.6 is 0 Å². The third-order valence-electron chi connectivity index (χ3n) is 5.61. The number of hydrogen-bond acceptors (Lipinski definition) is 4. The SMILES string of the molecule is COc1ccc(Cn2c3ccccc3c3c(N)c4c(nc32)CCCC4=O)cc1. The number of benzene rings is 2. The first-order chi connectivity index (χ1) is 13.7. The standard InChI is InChI=1S/C23H21N3O2/c1-28-15-11-9-14(10-12-15)13-26-18-7-3-2-5-16(18)20-22(24)21-17(25-23(20)26)6-4-8-19(21)27/h2-3,5,7,9-12H,4,6,8,13H2,1H3,(H2,24,25). The second-order valence-corrected chi connectivity index (χ2v) is 7.27. The van der Waals surface area contributed by atoms with E-state index in [4.69, 9.17) is 15.5 Å². The number of nitrogen functional groups attached to an aromatic ring is 1. The Kier molecular flexibility index (Phi) is 3.83. The van der Waals surface area contributed by atoms with Gasteiger partial charge < -0.3 is 15.0 Å². The van der Waals surface area contributed by atoms with Gasteiger partial charge in [0, 0.05) is 18.4 Å². The van der Waals surface area contributed by atoms with Crippen LogP contribution in [0.4, 0.5) is 5.69 Å². The molecular formula is C23H21N3O2. The van der Waals surface area contributed by atoms with Gasteiger partial charge in [0.2, 0.25) is 0 Å². The molecule has 0 unspecified atom stereocenters. The summed E-state index contributed by atoms with van der Waals surface area (Å²) in [7, 11) is 1.67. The van der Waals surface area contributed by atoms with Crippen molar-refractivity contribution in [2.45, 2.75) is 25.8 Å². The van der Waals surface area contributed by atoms with E-state index >= 15 is 0 Å². The monoisotopic (exact) mass is 371 g/mol. The van der Waals surface area contributed by atoms with Gasteiger partial charge in [-0.1, -0.05) is 30.3 Å². The first kappa shape index (κ1) is 16.8. The molecule has 0 saturated carbocycles. The topological polar surface area (TPSA) is 70.1 Å². The van der Waals surface area contributed by atoms with E-state index in [1.165, 1.54) is 0 Å². The molecule has 0 amide bonds. The minimum absolute atomic E-state index is 0.111. The lowest BCUT2D eigenvalue weighted by Gasteiger charge is -2.17. The van der Waals surface area contributed by atoms with Crippen LogP contribution in [0.3, 0.4) is 0 Å². The van der Waals surface area contributed by atoms with Crippen molar-refractivity contribution in [3.63, 3.8) is 0 Å². The fourth-order valence-corrected chi connectivity index (χ4v) is 4.24. The fourth-order valence-electron chi connectivity index (χ4n) is 4.24. The number of fused-ring (bicyclic) bond motifs is 4. The summed E-state index contributed by atoms with van der Waals surface area (Å²) in [5.74, 6) is 0.945. The highest BCUT2D eigenvalue weighted by Gasteiger charge is 2.26. The molecule has 4 aromatic rings. The van der Waals surface area contributed by atoms with E-state index in [0.717, 1.165) is 51.8 Å². The van der Waals surface area contributed by atoms with Gasteiger partial charge in [0.05, 0.1) is 35.0 Å². The number of anilines is 1. The van der Waals surface area contributed by atoms with Crippen LogP contribution in [0, 0.1) is 0 Å². The molecule has 0 aliphatic heterocycles. The van der Waals surface area contributed by atoms with E-state index < -0.39 is 0 Å². The average molecular weight is 371 g/mol. The van der Waals surface area contributed by atoms with Crippen molar-refractivity contribution < 1.29 is 9.53 Å². The van der Waals surface area contributed by atoms with Crippen LogP contribution < -0.4 is 10.5 Å². The number of aryl methyl sites for hydroxylation is 1. The number of ketones is 1. The number of rotatable bonds is 3. The largest absolute Gasteiger partial charge is 0.497 e. The highest BCUT2D eigenvalue weighted by Crippen LogP contribution is 2.37. The number of aromatic nitrogens is 2. The van der Waals surface area contributed by atoms with Gasteiger partial charge in [-0.3, -0.25) is 4.79 Å². The van der Waals surface area contributed by atoms with E-state index in [-0.39, 0.29) is 5.78 Å². The Bertz CT molecular complexity index is 1220. The predicted molar refractivity (Wildman–Crippen MR) is 111 cm³/mol. The van der Waals surface area contributed by atoms with Gasteiger partial charge in [-0.2, -0.15) is 0 Å². The molecule has 0 radical (unpaired) electrons. The number of methoxy groups -OCH3 is 1. The molecule has 0 spiro atoms. The lowest BCUT2D eigenvalue weighted by Crippen LogP contribution is -2.16. The van der Waals surface area contributed by atoms with Crippen LogP contribution in [0.2, 0.25) is 0 Å². The van der Waals surface area contributed by atoms with Gasteiger partial charge >= 0.3 is 0 Å². The number of para-hydroxylation sites is 1. The maximum Gasteiger partial charge on any atom is 0.166 e. The van der Waals surface area contributed by atoms with Crippen LogP contribution in [-0.4, -0.2) is 22.4 Å². The molecule has 2 aromatic heterocycles. The Balaban J connectivity index is 1.77. The molecule has 2 aromatic carbocycles. The lowest BCUT2D eigenvalue weighted by atomic mass is 9.92. The third kappa shape index (κ3) is 2.47. The highest BCUT2D eigenvalue weighted by molar-refractivity contribution is 6.18. The van der Waals surface area contributed by atoms with Crippen molar-refractivity contribution in [2.24, 2.45) is 0 Å². The Morgan fingerprint density at radius 2 is 1.89 bits per heavy atom. The Morgan fingerprint density at radius 3 is 2.68 bits per heavy atom. The molecule has 0 bridgehead atoms. The Morgan fingerprint density at radius 1 is 1.11 bits per heavy atom. The summed E-state index contributed by atoms with van der Waals surface area (Å²) in [5, 5.41) is 1.93. The second-order valence-electron chi connectivity index (χ2n) is 7.27. The summed E-state index contributed by atoms with van der Waals surface area (Å²) in [4.78, 5) is 17.4. The zero-order valence-electron chi connectivity index (χ0n) is 15.7. The predicted octanol–water partition coefficient (Wildman–Crippen LogP) is 4.35. The molecule has 140 valence electrons. The number of nitrogens with two attached hydrogens (primary N) is 1. The second kappa shape index (κ2) is 6.37. The minimum Gasteiger partial charge on any atom is -0.497 e. The molecule has 5 nitrogen and oxygen atoms in total. The fraction of sp³-hybridized carbons (Fsp3) is 0.217. The number of Topliss-reactive ketones (excluding diaryl/α,β-unsaturated/α-hetero) is 1. The third-order valence-corrected chi connectivity index (χ3v) is 5.61. The molecule has 5 rings (SSSR count). The molecule has 1 aliphatic carbocycles. The highest BCUT2D eigenvalue weighted by atomic mass is 16.5. The van der Waals surface area contributed by atoms with Crippen molar-refractivity contribution in [1.82, 2.24) is 9.55 Å². The first-order valence-electron chi connectivity index (χ1n) is 9.53. The number of carbonyl (C=O) groups is 1. The number of nitrogens with zero attached hydrogens (tertiary/aromatic N) is 2. The van der Waals surface area contributed by atoms with Gasteiger partial charge in [0.25, 0.3) is 0 Å². The minimum atomic E-state index is 0.111. The number of ether oxygens (including phenoxy) is 1. The molecule has 0 atom stereocenters. The van der Waals surface area contributed by atoms with Gasteiger partial charge in [-0.05, 0) is 36.6 Å². The summed E-state index contributed by atoms with van der Waals surface area (Å²) in [6.07, 6.45) is 2.18. The Hall–Kier alpha value is -3.34. The lowest BCUT2D eigenvalue weighted by molar-refractivity contribution is 0.0972. The molecule has 28 heavy (non-hydrogen) atoms. The van der Waals surface area contributed by atoms with Crippen LogP contribution in [0.25, 0.3) is 21.9 Å². The summed E-state index contributed by atoms with van der Waals surface area (Å²) in [6.45, 7) is 0.674. The van der Waals surface area contributed by atoms with Crippen molar-refractivity contribution in [2.75, 3.05) is 12.8 Å². The van der Waals surface area contributed by atoms with E-state index in [1.807, 2.05) is 24.3 Å². The van der Waals surface area contributed by atoms with Gasteiger partial charge in [0.15, 0.2) is 5.78 Å². The molecule has 0 fully saturated rings. The van der Waals surface area contributed by atoms with Crippen molar-refractivity contribution >= 4 is 33.4 Å². The van der Waals surface area contributed by atoms with E-state index in [0.29, 0.717) is 24.2 Å². The van der Waals surface area contributed by atoms with Gasteiger partial charge in [-0.25, -0.2) is 4.98 Å². The van der Waals surface area contributed by atoms with Crippen molar-refractivity contribution in [3.8, 4) is 5.75 Å². The van der Waals surface area contributed by atoms with E-state index in [9.17, 15) is 4.79 Å². The van der Waals surface area contributed by atoms with E-state index in [2.05, 4.69) is 28.8 Å². The normalized spacial score (nSPS) is 13.8. The molecule has 1 aliphatic rings. The van der Waals surface area contributed by atoms with Crippen LogP contribution in [0.5, 0.6) is 5.75 Å². The number of carbonyl (C=O) groups excluding carboxylic acids is 1. The van der Waals surface area contributed by atoms with Gasteiger partial charge in [0.1, 0.15) is 11.4 Å².